The second-order valence-corrected chi connectivity index (χ2v) is 9.18. The van der Waals surface area contributed by atoms with Crippen LogP contribution in [0.15, 0.2) is 18.2 Å². The van der Waals surface area contributed by atoms with Gasteiger partial charge < -0.3 is 19.9 Å². The lowest BCUT2D eigenvalue weighted by Gasteiger charge is -2.20. The molecule has 2 atom stereocenters. The van der Waals surface area contributed by atoms with E-state index in [0.717, 1.165) is 37.1 Å². The summed E-state index contributed by atoms with van der Waals surface area (Å²) >= 11 is 0. The molecule has 1 aromatic heterocycles. The molecule has 4 rings (SSSR count). The molecule has 6 nitrogen and oxygen atoms in total. The molecular weight excluding hydrogens is 400 g/mol. The summed E-state index contributed by atoms with van der Waals surface area (Å²) in [5, 5.41) is 16.1. The SMILES string of the molecule is Cc1c(C#N)c(NC(=O)CN[C@H](C)c2ccc3c(c2)CCCC3)n(C[C@H]2CCCO2)c1C. The first-order valence-corrected chi connectivity index (χ1v) is 11.8. The largest absolute Gasteiger partial charge is 0.376 e. The Balaban J connectivity index is 1.42. The van der Waals surface area contributed by atoms with Crippen LogP contribution in [0, 0.1) is 25.2 Å². The number of hydrogen-bond acceptors (Lipinski definition) is 4. The van der Waals surface area contributed by atoms with Crippen molar-refractivity contribution in [2.24, 2.45) is 0 Å². The highest BCUT2D eigenvalue weighted by Crippen LogP contribution is 2.29. The average molecular weight is 435 g/mol. The predicted molar refractivity (Wildman–Crippen MR) is 126 cm³/mol. The number of benzene rings is 1. The van der Waals surface area contributed by atoms with Crippen molar-refractivity contribution in [3.05, 3.63) is 51.7 Å². The van der Waals surface area contributed by atoms with Gasteiger partial charge in [0.1, 0.15) is 11.9 Å². The topological polar surface area (TPSA) is 79.1 Å². The average Bonchev–Trinajstić information content (AvgIpc) is 3.40. The van der Waals surface area contributed by atoms with Gasteiger partial charge in [0.05, 0.1) is 24.8 Å². The predicted octanol–water partition coefficient (Wildman–Crippen LogP) is 4.32. The Morgan fingerprint density at radius 3 is 2.75 bits per heavy atom. The van der Waals surface area contributed by atoms with Crippen LogP contribution in [0.3, 0.4) is 0 Å². The van der Waals surface area contributed by atoms with Crippen molar-refractivity contribution in [2.45, 2.75) is 78.0 Å². The molecule has 0 spiro atoms. The number of nitrogens with zero attached hydrogens (tertiary/aromatic N) is 2. The molecule has 0 saturated carbocycles. The first-order valence-electron chi connectivity index (χ1n) is 11.8. The minimum Gasteiger partial charge on any atom is -0.376 e. The lowest BCUT2D eigenvalue weighted by atomic mass is 9.89. The van der Waals surface area contributed by atoms with Crippen molar-refractivity contribution in [2.75, 3.05) is 18.5 Å². The van der Waals surface area contributed by atoms with E-state index < -0.39 is 0 Å². The van der Waals surface area contributed by atoms with Gasteiger partial charge in [-0.1, -0.05) is 18.2 Å². The Bertz CT molecular complexity index is 1030. The van der Waals surface area contributed by atoms with E-state index in [-0.39, 0.29) is 24.6 Å². The van der Waals surface area contributed by atoms with Crippen molar-refractivity contribution in [3.8, 4) is 6.07 Å². The number of aromatic nitrogens is 1. The van der Waals surface area contributed by atoms with Crippen molar-refractivity contribution in [3.63, 3.8) is 0 Å². The van der Waals surface area contributed by atoms with E-state index in [1.165, 1.54) is 36.0 Å². The normalized spacial score (nSPS) is 18.8. The molecule has 1 aromatic carbocycles. The third kappa shape index (κ3) is 4.74. The Hall–Kier alpha value is -2.62. The zero-order chi connectivity index (χ0) is 22.7. The van der Waals surface area contributed by atoms with Crippen LogP contribution in [0.1, 0.15) is 72.2 Å². The Kier molecular flexibility index (Phi) is 6.98. The van der Waals surface area contributed by atoms with Gasteiger partial charge in [-0.3, -0.25) is 4.79 Å². The minimum absolute atomic E-state index is 0.0746. The van der Waals surface area contributed by atoms with Crippen LogP contribution in [0.25, 0.3) is 0 Å². The molecule has 1 saturated heterocycles. The number of amides is 1. The van der Waals surface area contributed by atoms with E-state index in [2.05, 4.69) is 41.8 Å². The molecule has 2 heterocycles. The van der Waals surface area contributed by atoms with Crippen LogP contribution in [0.5, 0.6) is 0 Å². The molecule has 0 unspecified atom stereocenters. The molecule has 2 aliphatic rings. The van der Waals surface area contributed by atoms with Crippen molar-refractivity contribution >= 4 is 11.7 Å². The third-order valence-corrected chi connectivity index (χ3v) is 7.05. The number of aryl methyl sites for hydroxylation is 2. The zero-order valence-corrected chi connectivity index (χ0v) is 19.5. The molecular formula is C26H34N4O2. The summed E-state index contributed by atoms with van der Waals surface area (Å²) in [6, 6.07) is 9.06. The number of carbonyl (C=O) groups excluding carboxylic acids is 1. The van der Waals surface area contributed by atoms with Gasteiger partial charge in [0, 0.05) is 18.3 Å². The van der Waals surface area contributed by atoms with E-state index in [9.17, 15) is 10.1 Å². The Morgan fingerprint density at radius 2 is 2.03 bits per heavy atom. The number of ether oxygens (including phenoxy) is 1. The van der Waals surface area contributed by atoms with Crippen LogP contribution in [-0.4, -0.2) is 29.7 Å². The standard InChI is InChI=1S/C26H34N4O2/c1-17-19(3)30(16-23-9-6-12-32-23)26(24(17)14-27)29-25(31)15-28-18(2)21-11-10-20-7-4-5-8-22(20)13-21/h10-11,13,18,23,28H,4-9,12,15-16H2,1-3H3,(H,29,31)/t18-,23-/m1/s1. The Morgan fingerprint density at radius 1 is 1.25 bits per heavy atom. The number of nitriles is 1. The highest BCUT2D eigenvalue weighted by Gasteiger charge is 2.24. The lowest BCUT2D eigenvalue weighted by molar-refractivity contribution is -0.115. The van der Waals surface area contributed by atoms with Crippen LogP contribution in [0.2, 0.25) is 0 Å². The van der Waals surface area contributed by atoms with Gasteiger partial charge in [-0.15, -0.1) is 0 Å². The number of nitrogens with one attached hydrogen (secondary N) is 2. The maximum absolute atomic E-state index is 12.8. The highest BCUT2D eigenvalue weighted by atomic mass is 16.5. The van der Waals surface area contributed by atoms with Crippen molar-refractivity contribution in [1.82, 2.24) is 9.88 Å². The number of anilines is 1. The molecule has 32 heavy (non-hydrogen) atoms. The summed E-state index contributed by atoms with van der Waals surface area (Å²) in [6.45, 7) is 7.65. The summed E-state index contributed by atoms with van der Waals surface area (Å²) in [4.78, 5) is 12.8. The molecule has 6 heteroatoms. The lowest BCUT2D eigenvalue weighted by Crippen LogP contribution is -2.31. The van der Waals surface area contributed by atoms with Crippen LogP contribution in [-0.2, 0) is 28.9 Å². The van der Waals surface area contributed by atoms with E-state index in [0.29, 0.717) is 17.9 Å². The third-order valence-electron chi connectivity index (χ3n) is 7.05. The van der Waals surface area contributed by atoms with Crippen LogP contribution >= 0.6 is 0 Å². The fraction of sp³-hybridized carbons (Fsp3) is 0.538. The smallest absolute Gasteiger partial charge is 0.239 e. The molecule has 1 aliphatic carbocycles. The molecule has 0 bridgehead atoms. The molecule has 0 radical (unpaired) electrons. The fourth-order valence-electron chi connectivity index (χ4n) is 4.91. The first kappa shape index (κ1) is 22.6. The Labute approximate surface area is 191 Å². The maximum atomic E-state index is 12.8. The summed E-state index contributed by atoms with van der Waals surface area (Å²) in [5.74, 6) is 0.448. The number of rotatable bonds is 7. The second-order valence-electron chi connectivity index (χ2n) is 9.18. The van der Waals surface area contributed by atoms with Crippen molar-refractivity contribution in [1.29, 1.82) is 5.26 Å². The molecule has 1 amide bonds. The van der Waals surface area contributed by atoms with Crippen LogP contribution in [0.4, 0.5) is 5.82 Å². The van der Waals surface area contributed by atoms with Gasteiger partial charge in [0.15, 0.2) is 0 Å². The summed E-state index contributed by atoms with van der Waals surface area (Å²) in [6.07, 6.45) is 7.04. The summed E-state index contributed by atoms with van der Waals surface area (Å²) < 4.78 is 7.83. The van der Waals surface area contributed by atoms with Gasteiger partial charge in [-0.05, 0) is 81.5 Å². The van der Waals surface area contributed by atoms with E-state index in [1.54, 1.807) is 0 Å². The van der Waals surface area contributed by atoms with Gasteiger partial charge >= 0.3 is 0 Å². The minimum atomic E-state index is -0.141. The van der Waals surface area contributed by atoms with Gasteiger partial charge in [-0.25, -0.2) is 0 Å². The molecule has 2 N–H and O–H groups in total. The van der Waals surface area contributed by atoms with Gasteiger partial charge in [0.2, 0.25) is 5.91 Å². The van der Waals surface area contributed by atoms with E-state index in [1.807, 2.05) is 18.4 Å². The second kappa shape index (κ2) is 9.89. The maximum Gasteiger partial charge on any atom is 0.239 e. The molecule has 1 fully saturated rings. The van der Waals surface area contributed by atoms with Crippen molar-refractivity contribution < 1.29 is 9.53 Å². The number of fused-ring (bicyclic) bond motifs is 1. The van der Waals surface area contributed by atoms with Gasteiger partial charge in [0.25, 0.3) is 0 Å². The fourth-order valence-corrected chi connectivity index (χ4v) is 4.91. The zero-order valence-electron chi connectivity index (χ0n) is 19.5. The molecule has 2 aromatic rings. The highest BCUT2D eigenvalue weighted by molar-refractivity contribution is 5.93. The quantitative estimate of drug-likeness (QED) is 0.680. The van der Waals surface area contributed by atoms with Gasteiger partial charge in [-0.2, -0.15) is 5.26 Å². The summed E-state index contributed by atoms with van der Waals surface area (Å²) in [7, 11) is 0. The monoisotopic (exact) mass is 434 g/mol. The van der Waals surface area contributed by atoms with E-state index in [4.69, 9.17) is 4.74 Å². The summed E-state index contributed by atoms with van der Waals surface area (Å²) in [5.41, 5.74) is 6.58. The van der Waals surface area contributed by atoms with E-state index >= 15 is 0 Å². The molecule has 1 aliphatic heterocycles. The number of hydrogen-bond donors (Lipinski definition) is 2. The van der Waals surface area contributed by atoms with Crippen LogP contribution < -0.4 is 10.6 Å². The molecule has 170 valence electrons. The first-order chi connectivity index (χ1) is 15.5. The number of carbonyl (C=O) groups is 1.